The fourth-order valence-electron chi connectivity index (χ4n) is 12.2. The van der Waals surface area contributed by atoms with Gasteiger partial charge in [0, 0.05) is 32.9 Å². The Morgan fingerprint density at radius 2 is 0.949 bits per heavy atom. The molecule has 78 heavy (non-hydrogen) atoms. The smallest absolute Gasteiger partial charge is 0.300 e. The zero-order valence-corrected chi connectivity index (χ0v) is 46.2. The molecule has 0 aromatic heterocycles. The zero-order valence-electron chi connectivity index (χ0n) is 46.2. The number of likely N-dealkylation sites (tertiary alicyclic amines) is 2. The second-order valence-corrected chi connectivity index (χ2v) is 21.8. The Morgan fingerprint density at radius 1 is 0.577 bits per heavy atom. The van der Waals surface area contributed by atoms with E-state index in [9.17, 15) is 28.8 Å². The lowest BCUT2D eigenvalue weighted by atomic mass is 9.83. The number of carboxylic acid groups (broad SMARTS) is 1. The number of amides is 6. The lowest BCUT2D eigenvalue weighted by Crippen LogP contribution is -2.58. The predicted octanol–water partition coefficient (Wildman–Crippen LogP) is 4.01. The molecule has 18 nitrogen and oxygen atoms in total. The van der Waals surface area contributed by atoms with E-state index in [0.29, 0.717) is 51.6 Å². The molecule has 6 aliphatic rings. The highest BCUT2D eigenvalue weighted by atomic mass is 16.5. The van der Waals surface area contributed by atoms with Gasteiger partial charge in [-0.1, -0.05) is 98.9 Å². The summed E-state index contributed by atoms with van der Waals surface area (Å²) in [7, 11) is 3.44. The fourth-order valence-corrected chi connectivity index (χ4v) is 12.2. The molecule has 2 aliphatic heterocycles. The molecule has 2 saturated heterocycles. The standard InChI is InChI=1S/C58H78N8O8.C2H4O2/c1-37(59-3)53(67)61-49(39-21-9-7-10-22-39)57(71)65-31-19-29-45(65)55(69)63-51-43-27-15-13-25-41(43)35-47(51)73-33-17-5-6-18-34-74-48-36-42-26-14-16-28-44(42)52(48)64-56(70)46-30-20-32-66(46)58(72)50(40-23-11-8-12-24-40)62-54(68)38(2)60-4;1-2(3)4/h13-16,25-28,37-40,45-52,59-60H,7-12,19-24,29-36H2,1-4H3,(H,61,67)(H,62,68)(H,63,69)(H,64,70);1H3,(H,3,4)/t37-,38-,45-,46-,47+,48+,49-,50-,51-,52-;/m0./s1. The molecule has 7 N–H and O–H groups in total. The minimum atomic E-state index is -0.833. The van der Waals surface area contributed by atoms with Crippen molar-refractivity contribution in [2.24, 2.45) is 11.8 Å². The van der Waals surface area contributed by atoms with E-state index in [4.69, 9.17) is 19.4 Å². The maximum absolute atomic E-state index is 14.3. The monoisotopic (exact) mass is 1070 g/mol. The Labute approximate surface area is 460 Å². The molecule has 4 aliphatic carbocycles. The van der Waals surface area contributed by atoms with Crippen molar-refractivity contribution < 1.29 is 48.1 Å². The van der Waals surface area contributed by atoms with Gasteiger partial charge < -0.3 is 56.3 Å². The number of nitrogens with one attached hydrogen (secondary N) is 6. The molecule has 422 valence electrons. The summed E-state index contributed by atoms with van der Waals surface area (Å²) in [6, 6.07) is 11.5. The largest absolute Gasteiger partial charge is 0.481 e. The fraction of sp³-hybridized carbons (Fsp3) is 0.617. The summed E-state index contributed by atoms with van der Waals surface area (Å²) in [5, 5.41) is 26.0. The second kappa shape index (κ2) is 29.1. The number of carbonyl (C=O) groups excluding carboxylic acids is 6. The molecule has 8 rings (SSSR count). The van der Waals surface area contributed by atoms with E-state index in [1.807, 2.05) is 48.5 Å². The number of hydrogen-bond acceptors (Lipinski definition) is 11. The number of nitrogens with zero attached hydrogens (tertiary/aromatic N) is 2. The number of hydrogen-bond donors (Lipinski definition) is 7. The molecule has 6 amide bonds. The van der Waals surface area contributed by atoms with Gasteiger partial charge in [0.15, 0.2) is 0 Å². The van der Waals surface area contributed by atoms with E-state index in [-0.39, 0.29) is 72.7 Å². The molecular formula is C60H82N8O10. The van der Waals surface area contributed by atoms with Gasteiger partial charge in [-0.05, 0) is 125 Å². The van der Waals surface area contributed by atoms with E-state index in [1.54, 1.807) is 37.7 Å². The van der Waals surface area contributed by atoms with Crippen molar-refractivity contribution in [3.8, 4) is 23.7 Å². The van der Waals surface area contributed by atoms with Crippen LogP contribution in [0.1, 0.15) is 145 Å². The molecule has 4 fully saturated rings. The topological polar surface area (TPSA) is 237 Å². The number of aliphatic carboxylic acids is 1. The summed E-state index contributed by atoms with van der Waals surface area (Å²) in [6.07, 6.45) is 12.6. The Morgan fingerprint density at radius 3 is 1.32 bits per heavy atom. The van der Waals surface area contributed by atoms with Gasteiger partial charge in [0.2, 0.25) is 35.4 Å². The highest BCUT2D eigenvalue weighted by Crippen LogP contribution is 2.37. The van der Waals surface area contributed by atoms with Gasteiger partial charge in [-0.2, -0.15) is 0 Å². The van der Waals surface area contributed by atoms with Gasteiger partial charge >= 0.3 is 0 Å². The summed E-state index contributed by atoms with van der Waals surface area (Å²) < 4.78 is 12.7. The Hall–Kier alpha value is -6.31. The summed E-state index contributed by atoms with van der Waals surface area (Å²) in [6.45, 7) is 5.70. The summed E-state index contributed by atoms with van der Waals surface area (Å²) in [5.41, 5.74) is 4.10. The number of ether oxygens (including phenoxy) is 2. The van der Waals surface area contributed by atoms with Crippen LogP contribution in [0.25, 0.3) is 0 Å². The molecule has 2 saturated carbocycles. The van der Waals surface area contributed by atoms with Crippen LogP contribution in [-0.2, 0) is 55.9 Å². The van der Waals surface area contributed by atoms with E-state index in [1.165, 1.54) is 0 Å². The van der Waals surface area contributed by atoms with Gasteiger partial charge in [0.1, 0.15) is 37.4 Å². The predicted molar refractivity (Wildman–Crippen MR) is 294 cm³/mol. The van der Waals surface area contributed by atoms with Crippen molar-refractivity contribution in [1.29, 1.82) is 0 Å². The maximum Gasteiger partial charge on any atom is 0.300 e. The van der Waals surface area contributed by atoms with Crippen LogP contribution in [0.15, 0.2) is 48.5 Å². The Bertz CT molecular complexity index is 2390. The number of rotatable bonds is 18. The highest BCUT2D eigenvalue weighted by Gasteiger charge is 2.45. The van der Waals surface area contributed by atoms with Crippen LogP contribution in [0, 0.1) is 35.5 Å². The summed E-state index contributed by atoms with van der Waals surface area (Å²) >= 11 is 0. The first-order valence-corrected chi connectivity index (χ1v) is 28.4. The summed E-state index contributed by atoms with van der Waals surface area (Å²) in [4.78, 5) is 95.6. The third-order valence-electron chi connectivity index (χ3n) is 16.6. The van der Waals surface area contributed by atoms with Crippen molar-refractivity contribution in [3.05, 3.63) is 70.8 Å². The van der Waals surface area contributed by atoms with Crippen LogP contribution in [0.3, 0.4) is 0 Å². The highest BCUT2D eigenvalue weighted by molar-refractivity contribution is 5.95. The minimum absolute atomic E-state index is 0.0261. The molecule has 0 bridgehead atoms. The molecule has 2 aromatic rings. The number of benzene rings is 2. The average molecular weight is 1080 g/mol. The quantitative estimate of drug-likeness (QED) is 0.105. The maximum atomic E-state index is 14.3. The van der Waals surface area contributed by atoms with Crippen molar-refractivity contribution >= 4 is 41.4 Å². The number of fused-ring (bicyclic) bond motifs is 2. The van der Waals surface area contributed by atoms with E-state index < -0.39 is 54.3 Å². The lowest BCUT2D eigenvalue weighted by molar-refractivity contribution is -0.143. The third kappa shape index (κ3) is 15.3. The van der Waals surface area contributed by atoms with Gasteiger partial charge in [0.05, 0.1) is 36.4 Å². The first-order chi connectivity index (χ1) is 37.7. The molecule has 0 radical (unpaired) electrons. The summed E-state index contributed by atoms with van der Waals surface area (Å²) in [5.74, 6) is 9.73. The van der Waals surface area contributed by atoms with Crippen LogP contribution in [0.5, 0.6) is 0 Å². The molecular weight excluding hydrogens is 993 g/mol. The first kappa shape index (κ1) is 59.4. The normalized spacial score (nSPS) is 24.2. The van der Waals surface area contributed by atoms with Gasteiger partial charge in [0.25, 0.3) is 5.97 Å². The van der Waals surface area contributed by atoms with Crippen LogP contribution >= 0.6 is 0 Å². The Kier molecular flexibility index (Phi) is 22.1. The van der Waals surface area contributed by atoms with E-state index in [0.717, 1.165) is 93.4 Å². The number of carbonyl (C=O) groups is 7. The van der Waals surface area contributed by atoms with Crippen LogP contribution in [-0.4, -0.2) is 145 Å². The van der Waals surface area contributed by atoms with Gasteiger partial charge in [-0.25, -0.2) is 0 Å². The Balaban J connectivity index is 0.00000213. The minimum Gasteiger partial charge on any atom is -0.481 e. The van der Waals surface area contributed by atoms with Crippen LogP contribution < -0.4 is 31.9 Å². The lowest BCUT2D eigenvalue weighted by Gasteiger charge is -2.35. The second-order valence-electron chi connectivity index (χ2n) is 21.8. The van der Waals surface area contributed by atoms with E-state index in [2.05, 4.69) is 55.6 Å². The molecule has 18 heteroatoms. The van der Waals surface area contributed by atoms with Crippen LogP contribution in [0.2, 0.25) is 0 Å². The van der Waals surface area contributed by atoms with Gasteiger partial charge in [-0.15, -0.1) is 0 Å². The van der Waals surface area contributed by atoms with Crippen molar-refractivity contribution in [2.45, 2.75) is 184 Å². The molecule has 2 aromatic carbocycles. The van der Waals surface area contributed by atoms with Crippen molar-refractivity contribution in [3.63, 3.8) is 0 Å². The molecule has 0 unspecified atom stereocenters. The van der Waals surface area contributed by atoms with E-state index >= 15 is 0 Å². The third-order valence-corrected chi connectivity index (χ3v) is 16.6. The van der Waals surface area contributed by atoms with Crippen molar-refractivity contribution in [2.75, 3.05) is 40.4 Å². The first-order valence-electron chi connectivity index (χ1n) is 28.4. The SMILES string of the molecule is CC(=O)O.CN[C@@H](C)C(=O)N[C@H](C(=O)N1CCC[C@H]1C(=O)N[C@H]1c2ccccc2C[C@H]1OCC#CC#CCO[C@@H]1Cc2ccccc2[C@@H]1NC(=O)[C@@H]1CCCN1C(=O)[C@@H](NC(=O)[C@H](C)NC)C1CCCCC1)C1CCCCC1. The zero-order chi connectivity index (χ0) is 55.7. The number of likely N-dealkylation sites (N-methyl/N-ethyl adjacent to an activating group) is 2. The average Bonchev–Trinajstić information content (AvgIpc) is 4.33. The van der Waals surface area contributed by atoms with Crippen LogP contribution in [0.4, 0.5) is 0 Å². The molecule has 2 heterocycles. The number of carboxylic acids is 1. The molecule has 0 spiro atoms. The molecule has 10 atom stereocenters. The van der Waals surface area contributed by atoms with Crippen molar-refractivity contribution in [1.82, 2.24) is 41.7 Å². The van der Waals surface area contributed by atoms with Gasteiger partial charge in [-0.3, -0.25) is 33.6 Å².